The number of barbiturate groups is 1. The SMILES string of the molecule is CC.CC1(C)/C(=C\C=C2C(=O)N(C3CCCCC3)C(=O)N(C3CCCCC3)C2=O)N(CCOc2ccccc2)c2ccc([N+](=O)[O-])cc21. The Morgan fingerprint density at radius 1 is 0.833 bits per heavy atom. The van der Waals surface area contributed by atoms with Crippen LogP contribution >= 0.6 is 0 Å². The summed E-state index contributed by atoms with van der Waals surface area (Å²) in [5, 5.41) is 11.7. The maximum atomic E-state index is 14.0. The zero-order valence-corrected chi connectivity index (χ0v) is 28.7. The number of nitrogens with zero attached hydrogens (tertiary/aromatic N) is 4. The Morgan fingerprint density at radius 2 is 1.40 bits per heavy atom. The predicted molar refractivity (Wildman–Crippen MR) is 186 cm³/mol. The number of amides is 4. The van der Waals surface area contributed by atoms with E-state index in [1.54, 1.807) is 24.3 Å². The van der Waals surface area contributed by atoms with Crippen molar-refractivity contribution in [1.82, 2.24) is 9.80 Å². The van der Waals surface area contributed by atoms with Crippen LogP contribution in [0.3, 0.4) is 0 Å². The average molecular weight is 657 g/mol. The lowest BCUT2D eigenvalue weighted by molar-refractivity contribution is -0.384. The molecule has 0 atom stereocenters. The summed E-state index contributed by atoms with van der Waals surface area (Å²) < 4.78 is 6.01. The highest BCUT2D eigenvalue weighted by atomic mass is 16.6. The van der Waals surface area contributed by atoms with Crippen molar-refractivity contribution in [3.63, 3.8) is 0 Å². The summed E-state index contributed by atoms with van der Waals surface area (Å²) in [6.45, 7) is 8.73. The van der Waals surface area contributed by atoms with Gasteiger partial charge in [-0.1, -0.05) is 84.4 Å². The number of anilines is 1. The van der Waals surface area contributed by atoms with E-state index in [0.717, 1.165) is 86.9 Å². The van der Waals surface area contributed by atoms with Crippen LogP contribution in [0.1, 0.15) is 97.5 Å². The number of benzene rings is 2. The van der Waals surface area contributed by atoms with Gasteiger partial charge in [0.2, 0.25) is 0 Å². The number of para-hydroxylation sites is 1. The van der Waals surface area contributed by atoms with Crippen molar-refractivity contribution < 1.29 is 24.0 Å². The Bertz CT molecular complexity index is 1530. The minimum atomic E-state index is -0.687. The summed E-state index contributed by atoms with van der Waals surface area (Å²) in [6.07, 6.45) is 12.3. The minimum Gasteiger partial charge on any atom is -0.492 e. The third-order valence-electron chi connectivity index (χ3n) is 10.0. The summed E-state index contributed by atoms with van der Waals surface area (Å²) in [5.74, 6) is -0.339. The largest absolute Gasteiger partial charge is 0.492 e. The zero-order valence-electron chi connectivity index (χ0n) is 28.7. The van der Waals surface area contributed by atoms with Crippen molar-refractivity contribution >= 4 is 29.2 Å². The number of allylic oxidation sites excluding steroid dienone is 3. The van der Waals surface area contributed by atoms with E-state index >= 15 is 0 Å². The zero-order chi connectivity index (χ0) is 34.4. The second-order valence-corrected chi connectivity index (χ2v) is 13.2. The molecule has 0 aromatic heterocycles. The Morgan fingerprint density at radius 3 is 1.94 bits per heavy atom. The quantitative estimate of drug-likeness (QED) is 0.122. The molecule has 0 unspecified atom stereocenters. The van der Waals surface area contributed by atoms with Crippen molar-refractivity contribution in [2.24, 2.45) is 0 Å². The highest BCUT2D eigenvalue weighted by molar-refractivity contribution is 6.29. The van der Waals surface area contributed by atoms with Crippen molar-refractivity contribution in [3.05, 3.63) is 87.6 Å². The van der Waals surface area contributed by atoms with Crippen LogP contribution in [0, 0.1) is 10.1 Å². The number of imide groups is 2. The van der Waals surface area contributed by atoms with E-state index in [2.05, 4.69) is 0 Å². The fourth-order valence-electron chi connectivity index (χ4n) is 7.56. The van der Waals surface area contributed by atoms with E-state index in [-0.39, 0.29) is 23.3 Å². The number of fused-ring (bicyclic) bond motifs is 1. The number of nitro benzene ring substituents is 1. The van der Waals surface area contributed by atoms with Crippen LogP contribution in [-0.4, -0.2) is 57.8 Å². The molecule has 2 aromatic carbocycles. The van der Waals surface area contributed by atoms with E-state index in [9.17, 15) is 24.5 Å². The molecule has 2 aromatic rings. The van der Waals surface area contributed by atoms with Crippen molar-refractivity contribution in [2.45, 2.75) is 109 Å². The molecule has 2 aliphatic carbocycles. The lowest BCUT2D eigenvalue weighted by Crippen LogP contribution is -2.62. The van der Waals surface area contributed by atoms with Crippen LogP contribution < -0.4 is 9.64 Å². The Hall–Kier alpha value is -4.47. The molecule has 3 fully saturated rings. The van der Waals surface area contributed by atoms with Gasteiger partial charge in [0.25, 0.3) is 17.5 Å². The summed E-state index contributed by atoms with van der Waals surface area (Å²) >= 11 is 0. The van der Waals surface area contributed by atoms with Gasteiger partial charge in [-0.25, -0.2) is 4.79 Å². The molecule has 0 radical (unpaired) electrons. The first kappa shape index (κ1) is 34.9. The molecular weight excluding hydrogens is 608 g/mol. The van der Waals surface area contributed by atoms with Gasteiger partial charge in [0, 0.05) is 41.0 Å². The molecule has 256 valence electrons. The lowest BCUT2D eigenvalue weighted by Gasteiger charge is -2.43. The number of hydrogen-bond acceptors (Lipinski definition) is 7. The van der Waals surface area contributed by atoms with E-state index in [0.29, 0.717) is 13.2 Å². The summed E-state index contributed by atoms with van der Waals surface area (Å²) in [4.78, 5) is 58.0. The van der Waals surface area contributed by atoms with E-state index in [1.807, 2.05) is 62.9 Å². The Labute approximate surface area is 283 Å². The number of nitro groups is 1. The van der Waals surface area contributed by atoms with Crippen LogP contribution in [0.15, 0.2) is 72.0 Å². The summed E-state index contributed by atoms with van der Waals surface area (Å²) in [7, 11) is 0. The fraction of sp³-hybridized carbons (Fsp3) is 0.500. The second kappa shape index (κ2) is 15.2. The highest BCUT2D eigenvalue weighted by Gasteiger charge is 2.48. The third-order valence-corrected chi connectivity index (χ3v) is 10.0. The Kier molecular flexibility index (Phi) is 11.0. The number of carbonyl (C=O) groups excluding carboxylic acids is 3. The molecule has 4 aliphatic rings. The topological polar surface area (TPSA) is 113 Å². The maximum Gasteiger partial charge on any atom is 0.334 e. The summed E-state index contributed by atoms with van der Waals surface area (Å²) in [5.41, 5.74) is 1.65. The van der Waals surface area contributed by atoms with E-state index in [4.69, 9.17) is 4.74 Å². The van der Waals surface area contributed by atoms with Gasteiger partial charge < -0.3 is 9.64 Å². The first-order chi connectivity index (χ1) is 23.2. The van der Waals surface area contributed by atoms with Gasteiger partial charge in [-0.2, -0.15) is 0 Å². The van der Waals surface area contributed by atoms with Crippen LogP contribution in [0.2, 0.25) is 0 Å². The molecule has 4 amide bonds. The number of hydrogen-bond donors (Lipinski definition) is 0. The first-order valence-corrected chi connectivity index (χ1v) is 17.6. The van der Waals surface area contributed by atoms with E-state index in [1.165, 1.54) is 15.9 Å². The molecule has 2 heterocycles. The maximum absolute atomic E-state index is 14.0. The van der Waals surface area contributed by atoms with Crippen LogP contribution in [0.5, 0.6) is 5.75 Å². The third kappa shape index (κ3) is 6.89. The molecule has 0 N–H and O–H groups in total. The van der Waals surface area contributed by atoms with Crippen molar-refractivity contribution in [2.75, 3.05) is 18.1 Å². The van der Waals surface area contributed by atoms with Gasteiger partial charge in [-0.15, -0.1) is 0 Å². The standard InChI is InChI=1S/C36H42N4O6.C2H6/c1-36(2)30-24-27(40(44)45)18-20-31(30)37(22-23-46-28-16-10-5-11-17-28)32(36)21-19-29-33(41)38(25-12-6-3-7-13-25)35(43)39(34(29)42)26-14-8-4-9-15-26;1-2/h5,10-11,16-21,24-26H,3-4,6-9,12-15,22-23H2,1-2H3;1-2H3/b32-21+;. The van der Waals surface area contributed by atoms with Gasteiger partial charge in [0.05, 0.1) is 11.5 Å². The van der Waals surface area contributed by atoms with Crippen LogP contribution in [0.25, 0.3) is 0 Å². The van der Waals surface area contributed by atoms with Gasteiger partial charge >= 0.3 is 6.03 Å². The monoisotopic (exact) mass is 656 g/mol. The average Bonchev–Trinajstić information content (AvgIpc) is 3.31. The molecule has 0 bridgehead atoms. The number of carbonyl (C=O) groups is 3. The van der Waals surface area contributed by atoms with E-state index < -0.39 is 28.2 Å². The molecule has 48 heavy (non-hydrogen) atoms. The first-order valence-electron chi connectivity index (χ1n) is 17.6. The smallest absolute Gasteiger partial charge is 0.334 e. The van der Waals surface area contributed by atoms with Crippen molar-refractivity contribution in [3.8, 4) is 5.75 Å². The fourth-order valence-corrected chi connectivity index (χ4v) is 7.56. The normalized spacial score (nSPS) is 20.8. The highest BCUT2D eigenvalue weighted by Crippen LogP contribution is 2.49. The van der Waals surface area contributed by atoms with Crippen LogP contribution in [-0.2, 0) is 15.0 Å². The molecule has 10 nitrogen and oxygen atoms in total. The number of ether oxygens (including phenoxy) is 1. The molecule has 6 rings (SSSR count). The number of rotatable bonds is 8. The lowest BCUT2D eigenvalue weighted by atomic mass is 9.83. The number of non-ortho nitro benzene ring substituents is 1. The molecular formula is C38H48N4O6. The predicted octanol–water partition coefficient (Wildman–Crippen LogP) is 8.06. The van der Waals surface area contributed by atoms with Gasteiger partial charge in [-0.3, -0.25) is 29.5 Å². The molecule has 2 aliphatic heterocycles. The molecule has 2 saturated carbocycles. The van der Waals surface area contributed by atoms with Gasteiger partial charge in [0.1, 0.15) is 17.9 Å². The summed E-state index contributed by atoms with van der Waals surface area (Å²) in [6, 6.07) is 13.4. The Balaban J connectivity index is 0.00000221. The van der Waals surface area contributed by atoms with Crippen LogP contribution in [0.4, 0.5) is 16.2 Å². The van der Waals surface area contributed by atoms with Gasteiger partial charge in [-0.05, 0) is 61.6 Å². The van der Waals surface area contributed by atoms with Gasteiger partial charge in [0.15, 0.2) is 0 Å². The van der Waals surface area contributed by atoms with Crippen molar-refractivity contribution in [1.29, 1.82) is 0 Å². The second-order valence-electron chi connectivity index (χ2n) is 13.2. The number of urea groups is 1. The molecule has 10 heteroatoms. The molecule has 0 spiro atoms. The minimum absolute atomic E-state index is 0.00527. The molecule has 1 saturated heterocycles.